The predicted octanol–water partition coefficient (Wildman–Crippen LogP) is 3.41. The molecule has 2 aromatic rings. The van der Waals surface area contributed by atoms with Crippen molar-refractivity contribution in [2.75, 3.05) is 20.7 Å². The molecule has 2 heterocycles. The fraction of sp³-hybridized carbons (Fsp3) is 0.550. The summed E-state index contributed by atoms with van der Waals surface area (Å²) in [6.45, 7) is 5.98. The van der Waals surface area contributed by atoms with Gasteiger partial charge >= 0.3 is 0 Å². The van der Waals surface area contributed by atoms with E-state index < -0.39 is 0 Å². The summed E-state index contributed by atoms with van der Waals surface area (Å²) in [6.07, 6.45) is 3.16. The van der Waals surface area contributed by atoms with Crippen LogP contribution in [-0.4, -0.2) is 41.4 Å². The van der Waals surface area contributed by atoms with Crippen molar-refractivity contribution >= 4 is 29.9 Å². The highest BCUT2D eigenvalue weighted by atomic mass is 127. The molecule has 0 spiro atoms. The number of aryl methyl sites for hydroxylation is 2. The van der Waals surface area contributed by atoms with Gasteiger partial charge in [0.15, 0.2) is 5.96 Å². The molecular formula is C20H31IN6O. The zero-order valence-electron chi connectivity index (χ0n) is 17.1. The molecule has 3 rings (SSSR count). The van der Waals surface area contributed by atoms with Gasteiger partial charge in [-0.05, 0) is 49.8 Å². The van der Waals surface area contributed by atoms with Gasteiger partial charge in [0, 0.05) is 20.1 Å². The molecule has 2 unspecified atom stereocenters. The van der Waals surface area contributed by atoms with E-state index in [1.54, 1.807) is 14.2 Å². The first-order valence-corrected chi connectivity index (χ1v) is 9.63. The number of halogens is 1. The number of nitrogens with zero attached hydrogens (tertiary/aromatic N) is 4. The van der Waals surface area contributed by atoms with Gasteiger partial charge in [0.25, 0.3) is 0 Å². The van der Waals surface area contributed by atoms with Crippen molar-refractivity contribution < 1.29 is 4.74 Å². The van der Waals surface area contributed by atoms with Gasteiger partial charge in [0.05, 0.1) is 13.2 Å². The van der Waals surface area contributed by atoms with E-state index in [0.717, 1.165) is 55.7 Å². The minimum atomic E-state index is 0. The van der Waals surface area contributed by atoms with Gasteiger partial charge < -0.3 is 15.4 Å². The number of hydrogen-bond donors (Lipinski definition) is 2. The molecule has 0 fully saturated rings. The first-order valence-electron chi connectivity index (χ1n) is 9.63. The van der Waals surface area contributed by atoms with Crippen LogP contribution in [0.5, 0.6) is 5.75 Å². The number of nitrogens with one attached hydrogen (secondary N) is 2. The summed E-state index contributed by atoms with van der Waals surface area (Å²) < 4.78 is 7.24. The largest absolute Gasteiger partial charge is 0.497 e. The maximum atomic E-state index is 5.23. The maximum absolute atomic E-state index is 5.23. The lowest BCUT2D eigenvalue weighted by Crippen LogP contribution is -2.42. The van der Waals surface area contributed by atoms with Gasteiger partial charge in [-0.1, -0.05) is 19.1 Å². The number of aliphatic imine (C=N–C) groups is 1. The fourth-order valence-corrected chi connectivity index (χ4v) is 3.47. The Kier molecular flexibility index (Phi) is 8.53. The third-order valence-electron chi connectivity index (χ3n) is 5.07. The highest BCUT2D eigenvalue weighted by Gasteiger charge is 2.24. The second kappa shape index (κ2) is 10.6. The second-order valence-corrected chi connectivity index (χ2v) is 7.04. The number of aromatic nitrogens is 3. The van der Waals surface area contributed by atoms with E-state index >= 15 is 0 Å². The van der Waals surface area contributed by atoms with Gasteiger partial charge in [0.2, 0.25) is 0 Å². The van der Waals surface area contributed by atoms with E-state index in [-0.39, 0.29) is 30.0 Å². The van der Waals surface area contributed by atoms with E-state index in [1.165, 1.54) is 5.56 Å². The summed E-state index contributed by atoms with van der Waals surface area (Å²) in [7, 11) is 3.50. The molecule has 0 aliphatic carbocycles. The molecular weight excluding hydrogens is 467 g/mol. The molecule has 1 aliphatic heterocycles. The van der Waals surface area contributed by atoms with Crippen LogP contribution in [0.25, 0.3) is 0 Å². The summed E-state index contributed by atoms with van der Waals surface area (Å²) in [5.74, 6) is 4.01. The smallest absolute Gasteiger partial charge is 0.191 e. The Hall–Kier alpha value is -1.84. The highest BCUT2D eigenvalue weighted by Crippen LogP contribution is 2.23. The van der Waals surface area contributed by atoms with E-state index in [4.69, 9.17) is 4.74 Å². The van der Waals surface area contributed by atoms with Crippen molar-refractivity contribution in [2.24, 2.45) is 4.99 Å². The number of benzene rings is 1. The molecule has 8 heteroatoms. The molecule has 154 valence electrons. The SMILES string of the molecule is CN=C(NCCC(C)c1ccc(OC)cc1)NC1CCCn2nc(C)nc21.I. The summed E-state index contributed by atoms with van der Waals surface area (Å²) >= 11 is 0. The van der Waals surface area contributed by atoms with Crippen molar-refractivity contribution in [3.63, 3.8) is 0 Å². The standard InChI is InChI=1S/C20H30N6O.HI/c1-14(16-7-9-17(27-4)10-8-16)11-12-22-20(21-3)24-18-6-5-13-26-19(18)23-15(2)25-26;/h7-10,14,18H,5-6,11-13H2,1-4H3,(H2,21,22,24);1H. The normalized spacial score (nSPS) is 17.3. The van der Waals surface area contributed by atoms with Crippen LogP contribution in [-0.2, 0) is 6.54 Å². The summed E-state index contributed by atoms with van der Waals surface area (Å²) in [5, 5.41) is 11.4. The van der Waals surface area contributed by atoms with Crippen LogP contribution < -0.4 is 15.4 Å². The quantitative estimate of drug-likeness (QED) is 0.363. The average molecular weight is 498 g/mol. The van der Waals surface area contributed by atoms with Crippen LogP contribution in [0.2, 0.25) is 0 Å². The number of methoxy groups -OCH3 is 1. The Bertz CT molecular complexity index is 774. The zero-order chi connectivity index (χ0) is 19.2. The maximum Gasteiger partial charge on any atom is 0.191 e. The molecule has 2 atom stereocenters. The topological polar surface area (TPSA) is 76.4 Å². The Morgan fingerprint density at radius 3 is 2.79 bits per heavy atom. The number of fused-ring (bicyclic) bond motifs is 1. The lowest BCUT2D eigenvalue weighted by atomic mass is 9.98. The zero-order valence-corrected chi connectivity index (χ0v) is 19.4. The summed E-state index contributed by atoms with van der Waals surface area (Å²) in [4.78, 5) is 8.95. The lowest BCUT2D eigenvalue weighted by Gasteiger charge is -2.25. The van der Waals surface area contributed by atoms with E-state index in [9.17, 15) is 0 Å². The highest BCUT2D eigenvalue weighted by molar-refractivity contribution is 14.0. The number of guanidine groups is 1. The van der Waals surface area contributed by atoms with Crippen molar-refractivity contribution in [2.45, 2.75) is 51.6 Å². The van der Waals surface area contributed by atoms with Gasteiger partial charge in [-0.15, -0.1) is 24.0 Å². The monoisotopic (exact) mass is 498 g/mol. The Morgan fingerprint density at radius 2 is 2.11 bits per heavy atom. The second-order valence-electron chi connectivity index (χ2n) is 7.04. The molecule has 0 saturated heterocycles. The molecule has 0 radical (unpaired) electrons. The summed E-state index contributed by atoms with van der Waals surface area (Å²) in [6, 6.07) is 8.45. The lowest BCUT2D eigenvalue weighted by molar-refractivity contribution is 0.397. The molecule has 0 amide bonds. The number of hydrogen-bond acceptors (Lipinski definition) is 4. The minimum absolute atomic E-state index is 0. The molecule has 1 aromatic carbocycles. The van der Waals surface area contributed by atoms with Gasteiger partial charge in [0.1, 0.15) is 17.4 Å². The fourth-order valence-electron chi connectivity index (χ4n) is 3.47. The van der Waals surface area contributed by atoms with Crippen LogP contribution >= 0.6 is 24.0 Å². The van der Waals surface area contributed by atoms with Crippen LogP contribution in [0.4, 0.5) is 0 Å². The van der Waals surface area contributed by atoms with Gasteiger partial charge in [-0.2, -0.15) is 5.10 Å². The van der Waals surface area contributed by atoms with E-state index in [1.807, 2.05) is 23.7 Å². The summed E-state index contributed by atoms with van der Waals surface area (Å²) in [5.41, 5.74) is 1.32. The Morgan fingerprint density at radius 1 is 1.36 bits per heavy atom. The first-order chi connectivity index (χ1) is 13.1. The van der Waals surface area contributed by atoms with E-state index in [2.05, 4.69) is 44.8 Å². The van der Waals surface area contributed by atoms with Gasteiger partial charge in [-0.3, -0.25) is 4.99 Å². The van der Waals surface area contributed by atoms with Crippen molar-refractivity contribution in [1.82, 2.24) is 25.4 Å². The third-order valence-corrected chi connectivity index (χ3v) is 5.07. The van der Waals surface area contributed by atoms with Crippen LogP contribution in [0.15, 0.2) is 29.3 Å². The van der Waals surface area contributed by atoms with Gasteiger partial charge in [-0.25, -0.2) is 9.67 Å². The van der Waals surface area contributed by atoms with Crippen molar-refractivity contribution in [3.8, 4) is 5.75 Å². The predicted molar refractivity (Wildman–Crippen MR) is 123 cm³/mol. The third kappa shape index (κ3) is 5.59. The molecule has 1 aromatic heterocycles. The van der Waals surface area contributed by atoms with E-state index in [0.29, 0.717) is 5.92 Å². The van der Waals surface area contributed by atoms with Crippen LogP contribution in [0, 0.1) is 6.92 Å². The van der Waals surface area contributed by atoms with Crippen LogP contribution in [0.3, 0.4) is 0 Å². The Balaban J connectivity index is 0.00000280. The first kappa shape index (κ1) is 22.4. The molecule has 0 bridgehead atoms. The van der Waals surface area contributed by atoms with Crippen molar-refractivity contribution in [1.29, 1.82) is 0 Å². The van der Waals surface area contributed by atoms with Crippen molar-refractivity contribution in [3.05, 3.63) is 41.5 Å². The molecule has 2 N–H and O–H groups in total. The minimum Gasteiger partial charge on any atom is -0.497 e. The number of rotatable bonds is 6. The average Bonchev–Trinajstić information content (AvgIpc) is 3.08. The molecule has 7 nitrogen and oxygen atoms in total. The Labute approximate surface area is 184 Å². The molecule has 28 heavy (non-hydrogen) atoms. The van der Waals surface area contributed by atoms with Crippen LogP contribution in [0.1, 0.15) is 55.4 Å². The molecule has 1 aliphatic rings. The molecule has 0 saturated carbocycles. The number of ether oxygens (including phenoxy) is 1.